The van der Waals surface area contributed by atoms with E-state index in [1.165, 1.54) is 0 Å². The summed E-state index contributed by atoms with van der Waals surface area (Å²) >= 11 is 0. The van der Waals surface area contributed by atoms with E-state index in [9.17, 15) is 4.79 Å². The van der Waals surface area contributed by atoms with Gasteiger partial charge in [0.15, 0.2) is 0 Å². The first-order valence-corrected chi connectivity index (χ1v) is 6.20. The van der Waals surface area contributed by atoms with Crippen molar-refractivity contribution in [1.29, 1.82) is 0 Å². The highest BCUT2D eigenvalue weighted by Gasteiger charge is 2.33. The van der Waals surface area contributed by atoms with Gasteiger partial charge in [0.2, 0.25) is 5.91 Å². The molecular weight excluding hydrogens is 228 g/mol. The van der Waals surface area contributed by atoms with Crippen molar-refractivity contribution in [3.63, 3.8) is 0 Å². The fraction of sp³-hybridized carbons (Fsp3) is 0.500. The Labute approximate surface area is 108 Å². The number of anilines is 1. The third kappa shape index (κ3) is 2.34. The summed E-state index contributed by atoms with van der Waals surface area (Å²) in [6, 6.07) is 7.05. The molecule has 0 aliphatic carbocycles. The van der Waals surface area contributed by atoms with Gasteiger partial charge in [0.25, 0.3) is 0 Å². The van der Waals surface area contributed by atoms with E-state index in [4.69, 9.17) is 10.5 Å². The second-order valence-electron chi connectivity index (χ2n) is 5.65. The Hall–Kier alpha value is -1.55. The van der Waals surface area contributed by atoms with Gasteiger partial charge in [-0.25, -0.2) is 0 Å². The van der Waals surface area contributed by atoms with Crippen LogP contribution in [-0.2, 0) is 4.79 Å². The van der Waals surface area contributed by atoms with Crippen LogP contribution in [0.15, 0.2) is 24.3 Å². The van der Waals surface area contributed by atoms with E-state index in [0.29, 0.717) is 13.2 Å². The van der Waals surface area contributed by atoms with Crippen LogP contribution < -0.4 is 15.4 Å². The van der Waals surface area contributed by atoms with Gasteiger partial charge in [-0.3, -0.25) is 4.79 Å². The summed E-state index contributed by atoms with van der Waals surface area (Å²) in [4.78, 5) is 14.2. The molecule has 2 rings (SSSR count). The number of amides is 1. The molecule has 0 saturated heterocycles. The van der Waals surface area contributed by atoms with E-state index in [2.05, 4.69) is 0 Å². The summed E-state index contributed by atoms with van der Waals surface area (Å²) in [7, 11) is 0. The molecule has 0 aromatic heterocycles. The highest BCUT2D eigenvalue weighted by Crippen LogP contribution is 2.32. The Kier molecular flexibility index (Phi) is 3.30. The summed E-state index contributed by atoms with van der Waals surface area (Å²) in [6.07, 6.45) is 0. The van der Waals surface area contributed by atoms with Crippen LogP contribution in [-0.4, -0.2) is 25.1 Å². The molecule has 0 radical (unpaired) electrons. The van der Waals surface area contributed by atoms with Gasteiger partial charge in [-0.1, -0.05) is 32.9 Å². The lowest BCUT2D eigenvalue weighted by molar-refractivity contribution is -0.122. The van der Waals surface area contributed by atoms with Crippen molar-refractivity contribution in [1.82, 2.24) is 0 Å². The van der Waals surface area contributed by atoms with Crippen LogP contribution in [0.25, 0.3) is 0 Å². The number of ether oxygens (including phenoxy) is 1. The monoisotopic (exact) mass is 248 g/mol. The fourth-order valence-electron chi connectivity index (χ4n) is 1.94. The number of hydrogen-bond acceptors (Lipinski definition) is 3. The van der Waals surface area contributed by atoms with Gasteiger partial charge < -0.3 is 15.4 Å². The summed E-state index contributed by atoms with van der Waals surface area (Å²) in [5.41, 5.74) is 6.62. The zero-order valence-corrected chi connectivity index (χ0v) is 11.1. The van der Waals surface area contributed by atoms with Crippen molar-refractivity contribution in [3.8, 4) is 5.75 Å². The number of carbonyl (C=O) groups excluding carboxylic acids is 1. The zero-order chi connectivity index (χ0) is 13.3. The van der Waals surface area contributed by atoms with Crippen LogP contribution in [0.5, 0.6) is 5.75 Å². The predicted octanol–water partition coefficient (Wildman–Crippen LogP) is 1.79. The van der Waals surface area contributed by atoms with Crippen molar-refractivity contribution >= 4 is 11.6 Å². The van der Waals surface area contributed by atoms with Gasteiger partial charge in [-0.2, -0.15) is 0 Å². The van der Waals surface area contributed by atoms with Gasteiger partial charge in [-0.05, 0) is 17.5 Å². The van der Waals surface area contributed by atoms with Gasteiger partial charge in [0, 0.05) is 0 Å². The number of hydrogen-bond donors (Lipinski definition) is 1. The molecular formula is C14H20N2O2. The lowest BCUT2D eigenvalue weighted by Gasteiger charge is -2.35. The van der Waals surface area contributed by atoms with Crippen LogP contribution in [0.2, 0.25) is 0 Å². The summed E-state index contributed by atoms with van der Waals surface area (Å²) in [5, 5.41) is 0. The zero-order valence-electron chi connectivity index (χ0n) is 11.1. The van der Waals surface area contributed by atoms with E-state index in [1.54, 1.807) is 4.90 Å². The maximum Gasteiger partial charge on any atom is 0.244 e. The normalized spacial score (nSPS) is 16.8. The Morgan fingerprint density at radius 3 is 2.72 bits per heavy atom. The third-order valence-electron chi connectivity index (χ3n) is 3.19. The number of rotatable bonds is 1. The molecule has 1 amide bonds. The van der Waals surface area contributed by atoms with Crippen molar-refractivity contribution in [2.75, 3.05) is 18.1 Å². The van der Waals surface area contributed by atoms with Crippen molar-refractivity contribution < 1.29 is 9.53 Å². The molecule has 98 valence electrons. The van der Waals surface area contributed by atoms with Gasteiger partial charge >= 0.3 is 0 Å². The minimum Gasteiger partial charge on any atom is -0.490 e. The Morgan fingerprint density at radius 1 is 1.39 bits per heavy atom. The lowest BCUT2D eigenvalue weighted by Crippen LogP contribution is -2.52. The lowest BCUT2D eigenvalue weighted by atomic mass is 9.86. The molecule has 1 aromatic carbocycles. The number of benzene rings is 1. The van der Waals surface area contributed by atoms with Gasteiger partial charge in [0.1, 0.15) is 12.4 Å². The summed E-state index contributed by atoms with van der Waals surface area (Å²) in [6.45, 7) is 6.99. The average molecular weight is 248 g/mol. The van der Waals surface area contributed by atoms with Crippen molar-refractivity contribution in [2.24, 2.45) is 11.1 Å². The molecule has 0 spiro atoms. The van der Waals surface area contributed by atoms with Crippen molar-refractivity contribution in [3.05, 3.63) is 24.3 Å². The smallest absolute Gasteiger partial charge is 0.244 e. The molecule has 18 heavy (non-hydrogen) atoms. The molecule has 0 bridgehead atoms. The van der Waals surface area contributed by atoms with E-state index in [0.717, 1.165) is 11.4 Å². The van der Waals surface area contributed by atoms with Gasteiger partial charge in [-0.15, -0.1) is 0 Å². The van der Waals surface area contributed by atoms with Crippen molar-refractivity contribution in [2.45, 2.75) is 26.8 Å². The van der Waals surface area contributed by atoms with Crippen LogP contribution >= 0.6 is 0 Å². The first kappa shape index (κ1) is 12.9. The molecule has 1 aromatic rings. The maximum absolute atomic E-state index is 12.5. The Morgan fingerprint density at radius 2 is 2.06 bits per heavy atom. The van der Waals surface area contributed by atoms with Gasteiger partial charge in [0.05, 0.1) is 18.3 Å². The molecule has 1 heterocycles. The number of nitrogens with zero attached hydrogens (tertiary/aromatic N) is 1. The quantitative estimate of drug-likeness (QED) is 0.824. The largest absolute Gasteiger partial charge is 0.490 e. The number of nitrogens with two attached hydrogens (primary N) is 1. The Balaban J connectivity index is 2.28. The van der Waals surface area contributed by atoms with Crippen LogP contribution in [0.3, 0.4) is 0 Å². The number of carbonyl (C=O) groups is 1. The topological polar surface area (TPSA) is 55.6 Å². The number of fused-ring (bicyclic) bond motifs is 1. The first-order valence-electron chi connectivity index (χ1n) is 6.20. The van der Waals surface area contributed by atoms with Crippen LogP contribution in [0, 0.1) is 5.41 Å². The van der Waals surface area contributed by atoms with E-state index in [-0.39, 0.29) is 11.3 Å². The number of para-hydroxylation sites is 2. The summed E-state index contributed by atoms with van der Waals surface area (Å²) in [5.74, 6) is 0.705. The summed E-state index contributed by atoms with van der Waals surface area (Å²) < 4.78 is 5.53. The van der Waals surface area contributed by atoms with E-state index >= 15 is 0 Å². The SMILES string of the molecule is CC(C)(C)C(N)C(=O)N1CCOc2ccccc21. The Bertz CT molecular complexity index is 451. The van der Waals surface area contributed by atoms with Crippen LogP contribution in [0.1, 0.15) is 20.8 Å². The standard InChI is InChI=1S/C14H20N2O2/c1-14(2,3)12(15)13(17)16-8-9-18-11-7-5-4-6-10(11)16/h4-7,12H,8-9,15H2,1-3H3. The molecule has 1 aliphatic heterocycles. The minimum absolute atomic E-state index is 0.0433. The molecule has 0 saturated carbocycles. The van der Waals surface area contributed by atoms with Crippen LogP contribution in [0.4, 0.5) is 5.69 Å². The molecule has 4 heteroatoms. The second kappa shape index (κ2) is 4.61. The average Bonchev–Trinajstić information content (AvgIpc) is 2.35. The molecule has 0 fully saturated rings. The fourth-order valence-corrected chi connectivity index (χ4v) is 1.94. The highest BCUT2D eigenvalue weighted by molar-refractivity contribution is 5.99. The molecule has 1 unspecified atom stereocenters. The molecule has 2 N–H and O–H groups in total. The first-order chi connectivity index (χ1) is 8.41. The molecule has 1 atom stereocenters. The maximum atomic E-state index is 12.5. The second-order valence-corrected chi connectivity index (χ2v) is 5.65. The third-order valence-corrected chi connectivity index (χ3v) is 3.19. The molecule has 4 nitrogen and oxygen atoms in total. The van der Waals surface area contributed by atoms with E-state index in [1.807, 2.05) is 45.0 Å². The van der Waals surface area contributed by atoms with E-state index < -0.39 is 6.04 Å². The minimum atomic E-state index is -0.511. The molecule has 1 aliphatic rings. The predicted molar refractivity (Wildman–Crippen MR) is 71.7 cm³/mol. The highest BCUT2D eigenvalue weighted by atomic mass is 16.5.